The van der Waals surface area contributed by atoms with Crippen LogP contribution in [0.5, 0.6) is 0 Å². The van der Waals surface area contributed by atoms with E-state index in [1.54, 1.807) is 0 Å². The predicted octanol–water partition coefficient (Wildman–Crippen LogP) is 0.220. The molecule has 1 unspecified atom stereocenters. The summed E-state index contributed by atoms with van der Waals surface area (Å²) in [7, 11) is 0. The molecule has 2 fully saturated rings. The van der Waals surface area contributed by atoms with Crippen molar-refractivity contribution in [3.8, 4) is 0 Å². The normalized spacial score (nSPS) is 27.5. The fourth-order valence-corrected chi connectivity index (χ4v) is 2.36. The SMILES string of the molecule is NCCC1CN(C(=O)C2CCCOC2)C1. The molecule has 0 bridgehead atoms. The summed E-state index contributed by atoms with van der Waals surface area (Å²) >= 11 is 0. The van der Waals surface area contributed by atoms with Crippen LogP contribution in [0.2, 0.25) is 0 Å². The third-order valence-corrected chi connectivity index (χ3v) is 3.35. The minimum absolute atomic E-state index is 0.123. The van der Waals surface area contributed by atoms with E-state index in [2.05, 4.69) is 0 Å². The van der Waals surface area contributed by atoms with Crippen molar-refractivity contribution in [3.63, 3.8) is 0 Å². The van der Waals surface area contributed by atoms with Crippen LogP contribution < -0.4 is 5.73 Å². The van der Waals surface area contributed by atoms with Crippen LogP contribution in [0.15, 0.2) is 0 Å². The number of nitrogens with zero attached hydrogens (tertiary/aromatic N) is 1. The Balaban J connectivity index is 1.73. The van der Waals surface area contributed by atoms with Crippen molar-refractivity contribution in [3.05, 3.63) is 0 Å². The van der Waals surface area contributed by atoms with E-state index in [0.717, 1.165) is 45.5 Å². The van der Waals surface area contributed by atoms with Gasteiger partial charge in [0.2, 0.25) is 5.91 Å². The average molecular weight is 212 g/mol. The first-order valence-corrected chi connectivity index (χ1v) is 5.88. The van der Waals surface area contributed by atoms with Crippen LogP contribution in [-0.4, -0.2) is 43.7 Å². The fourth-order valence-electron chi connectivity index (χ4n) is 2.36. The van der Waals surface area contributed by atoms with Crippen LogP contribution in [0.3, 0.4) is 0 Å². The summed E-state index contributed by atoms with van der Waals surface area (Å²) in [5.41, 5.74) is 5.48. The maximum Gasteiger partial charge on any atom is 0.228 e. The first kappa shape index (κ1) is 10.9. The van der Waals surface area contributed by atoms with E-state index in [1.807, 2.05) is 4.90 Å². The van der Waals surface area contributed by atoms with E-state index in [9.17, 15) is 4.79 Å². The number of nitrogens with two attached hydrogens (primary N) is 1. The quantitative estimate of drug-likeness (QED) is 0.728. The van der Waals surface area contributed by atoms with E-state index >= 15 is 0 Å². The van der Waals surface area contributed by atoms with Gasteiger partial charge in [-0.2, -0.15) is 0 Å². The van der Waals surface area contributed by atoms with Gasteiger partial charge in [-0.05, 0) is 31.7 Å². The van der Waals surface area contributed by atoms with Crippen molar-refractivity contribution in [1.29, 1.82) is 0 Å². The van der Waals surface area contributed by atoms with Crippen LogP contribution in [0, 0.1) is 11.8 Å². The number of likely N-dealkylation sites (tertiary alicyclic amines) is 1. The van der Waals surface area contributed by atoms with Gasteiger partial charge in [-0.25, -0.2) is 0 Å². The lowest BCUT2D eigenvalue weighted by Crippen LogP contribution is -2.53. The molecule has 0 aromatic rings. The first-order chi connectivity index (χ1) is 7.31. The van der Waals surface area contributed by atoms with Crippen LogP contribution in [0.1, 0.15) is 19.3 Å². The molecule has 2 saturated heterocycles. The fraction of sp³-hybridized carbons (Fsp3) is 0.909. The van der Waals surface area contributed by atoms with Gasteiger partial charge in [0, 0.05) is 19.7 Å². The molecule has 2 aliphatic heterocycles. The highest BCUT2D eigenvalue weighted by molar-refractivity contribution is 5.79. The molecule has 86 valence electrons. The smallest absolute Gasteiger partial charge is 0.228 e. The minimum atomic E-state index is 0.123. The summed E-state index contributed by atoms with van der Waals surface area (Å²) in [4.78, 5) is 13.9. The Morgan fingerprint density at radius 1 is 1.47 bits per heavy atom. The predicted molar refractivity (Wildman–Crippen MR) is 57.3 cm³/mol. The topological polar surface area (TPSA) is 55.6 Å². The van der Waals surface area contributed by atoms with E-state index in [-0.39, 0.29) is 5.92 Å². The molecule has 15 heavy (non-hydrogen) atoms. The van der Waals surface area contributed by atoms with Gasteiger partial charge in [0.05, 0.1) is 12.5 Å². The monoisotopic (exact) mass is 212 g/mol. The summed E-state index contributed by atoms with van der Waals surface area (Å²) in [6.07, 6.45) is 3.07. The molecule has 0 radical (unpaired) electrons. The Kier molecular flexibility index (Phi) is 3.59. The van der Waals surface area contributed by atoms with E-state index in [0.29, 0.717) is 18.4 Å². The largest absolute Gasteiger partial charge is 0.381 e. The number of amides is 1. The van der Waals surface area contributed by atoms with Crippen LogP contribution >= 0.6 is 0 Å². The van der Waals surface area contributed by atoms with E-state index in [1.165, 1.54) is 0 Å². The lowest BCUT2D eigenvalue weighted by Gasteiger charge is -2.41. The van der Waals surface area contributed by atoms with E-state index < -0.39 is 0 Å². The third kappa shape index (κ3) is 2.49. The van der Waals surface area contributed by atoms with Gasteiger partial charge in [-0.1, -0.05) is 0 Å². The van der Waals surface area contributed by atoms with Gasteiger partial charge in [0.15, 0.2) is 0 Å². The van der Waals surface area contributed by atoms with Crippen molar-refractivity contribution in [1.82, 2.24) is 4.90 Å². The van der Waals surface area contributed by atoms with Gasteiger partial charge in [0.25, 0.3) is 0 Å². The highest BCUT2D eigenvalue weighted by atomic mass is 16.5. The van der Waals surface area contributed by atoms with Crippen molar-refractivity contribution in [2.45, 2.75) is 19.3 Å². The number of carbonyl (C=O) groups excluding carboxylic acids is 1. The Bertz CT molecular complexity index is 221. The molecule has 2 aliphatic rings. The number of hydrogen-bond acceptors (Lipinski definition) is 3. The highest BCUT2D eigenvalue weighted by Crippen LogP contribution is 2.24. The molecule has 0 saturated carbocycles. The summed E-state index contributed by atoms with van der Waals surface area (Å²) < 4.78 is 5.33. The molecule has 2 rings (SSSR count). The zero-order valence-electron chi connectivity index (χ0n) is 9.15. The van der Waals surface area contributed by atoms with Gasteiger partial charge in [-0.3, -0.25) is 4.79 Å². The molecule has 0 aromatic heterocycles. The van der Waals surface area contributed by atoms with Crippen LogP contribution in [0.25, 0.3) is 0 Å². The third-order valence-electron chi connectivity index (χ3n) is 3.35. The highest BCUT2D eigenvalue weighted by Gasteiger charge is 2.34. The molecular weight excluding hydrogens is 192 g/mol. The Hall–Kier alpha value is -0.610. The van der Waals surface area contributed by atoms with Gasteiger partial charge >= 0.3 is 0 Å². The molecule has 0 aliphatic carbocycles. The summed E-state index contributed by atoms with van der Waals surface area (Å²) in [5, 5.41) is 0. The zero-order valence-corrected chi connectivity index (χ0v) is 9.15. The Labute approximate surface area is 90.8 Å². The zero-order chi connectivity index (χ0) is 10.7. The minimum Gasteiger partial charge on any atom is -0.381 e. The van der Waals surface area contributed by atoms with Crippen LogP contribution in [-0.2, 0) is 9.53 Å². The first-order valence-electron chi connectivity index (χ1n) is 5.88. The summed E-state index contributed by atoms with van der Waals surface area (Å²) in [5.74, 6) is 1.06. The maximum atomic E-state index is 11.9. The van der Waals surface area contributed by atoms with Crippen molar-refractivity contribution < 1.29 is 9.53 Å². The molecule has 0 aromatic carbocycles. The van der Waals surface area contributed by atoms with Crippen LogP contribution in [0.4, 0.5) is 0 Å². The molecule has 0 spiro atoms. The van der Waals surface area contributed by atoms with E-state index in [4.69, 9.17) is 10.5 Å². The van der Waals surface area contributed by atoms with Gasteiger partial charge in [-0.15, -0.1) is 0 Å². The standard InChI is InChI=1S/C11H20N2O2/c12-4-3-9-6-13(7-9)11(14)10-2-1-5-15-8-10/h9-10H,1-8,12H2. The second kappa shape index (κ2) is 4.94. The summed E-state index contributed by atoms with van der Waals surface area (Å²) in [6.45, 7) is 3.99. The van der Waals surface area contributed by atoms with Gasteiger partial charge in [0.1, 0.15) is 0 Å². The molecule has 2 N–H and O–H groups in total. The second-order valence-electron chi connectivity index (χ2n) is 4.60. The Morgan fingerprint density at radius 2 is 2.27 bits per heavy atom. The maximum absolute atomic E-state index is 11.9. The summed E-state index contributed by atoms with van der Waals surface area (Å²) in [6, 6.07) is 0. The number of ether oxygens (including phenoxy) is 1. The average Bonchev–Trinajstić information content (AvgIpc) is 2.23. The number of carbonyl (C=O) groups is 1. The molecule has 2 heterocycles. The Morgan fingerprint density at radius 3 is 2.87 bits per heavy atom. The van der Waals surface area contributed by atoms with Crippen molar-refractivity contribution >= 4 is 5.91 Å². The second-order valence-corrected chi connectivity index (χ2v) is 4.60. The molecule has 1 atom stereocenters. The molecule has 4 nitrogen and oxygen atoms in total. The molecule has 1 amide bonds. The van der Waals surface area contributed by atoms with Crippen molar-refractivity contribution in [2.24, 2.45) is 17.6 Å². The van der Waals surface area contributed by atoms with Crippen molar-refractivity contribution in [2.75, 3.05) is 32.8 Å². The number of rotatable bonds is 3. The molecular formula is C11H20N2O2. The lowest BCUT2D eigenvalue weighted by molar-refractivity contribution is -0.146. The number of hydrogen-bond donors (Lipinski definition) is 1. The lowest BCUT2D eigenvalue weighted by atomic mass is 9.92. The molecule has 4 heteroatoms. The van der Waals surface area contributed by atoms with Gasteiger partial charge < -0.3 is 15.4 Å².